The quantitative estimate of drug-likeness (QED) is 0.357. The Morgan fingerprint density at radius 1 is 0.795 bits per heavy atom. The summed E-state index contributed by atoms with van der Waals surface area (Å²) in [5, 5.41) is 2.77. The molecule has 39 heavy (non-hydrogen) atoms. The summed E-state index contributed by atoms with van der Waals surface area (Å²) in [5.41, 5.74) is 11.9. The zero-order valence-electron chi connectivity index (χ0n) is 23.2. The number of amides is 4. The summed E-state index contributed by atoms with van der Waals surface area (Å²) < 4.78 is 22.3. The van der Waals surface area contributed by atoms with Crippen LogP contribution in [0.5, 0.6) is 0 Å². The summed E-state index contributed by atoms with van der Waals surface area (Å²) in [6.45, 7) is 6.87. The summed E-state index contributed by atoms with van der Waals surface area (Å²) in [6.07, 6.45) is 2.19. The molecule has 13 nitrogen and oxygen atoms in total. The maximum atomic E-state index is 13.6. The van der Waals surface area contributed by atoms with E-state index in [-0.39, 0.29) is 24.3 Å². The van der Waals surface area contributed by atoms with Crippen LogP contribution in [0.3, 0.4) is 0 Å². The normalized spacial score (nSPS) is 33.7. The van der Waals surface area contributed by atoms with Crippen LogP contribution in [0.1, 0.15) is 46.0 Å². The van der Waals surface area contributed by atoms with Crippen molar-refractivity contribution in [3.8, 4) is 0 Å². The third-order valence-corrected chi connectivity index (χ3v) is 7.69. The van der Waals surface area contributed by atoms with Crippen molar-refractivity contribution in [1.29, 1.82) is 0 Å². The lowest BCUT2D eigenvalue weighted by molar-refractivity contribution is -0.148. The predicted molar refractivity (Wildman–Crippen MR) is 140 cm³/mol. The Hall–Kier alpha value is -2.32. The molecule has 3 aliphatic rings. The first-order valence-corrected chi connectivity index (χ1v) is 14.0. The minimum Gasteiger partial charge on any atom is -0.379 e. The number of nitrogens with one attached hydrogen (secondary N) is 1. The molecule has 0 bridgehead atoms. The van der Waals surface area contributed by atoms with Gasteiger partial charge >= 0.3 is 0 Å². The molecule has 0 spiro atoms. The van der Waals surface area contributed by atoms with Crippen LogP contribution in [0.2, 0.25) is 0 Å². The van der Waals surface area contributed by atoms with Gasteiger partial charge in [-0.2, -0.15) is 0 Å². The van der Waals surface area contributed by atoms with Crippen molar-refractivity contribution in [3.05, 3.63) is 0 Å². The minimum atomic E-state index is -0.942. The van der Waals surface area contributed by atoms with Crippen LogP contribution in [0.15, 0.2) is 0 Å². The van der Waals surface area contributed by atoms with Crippen LogP contribution in [0.25, 0.3) is 0 Å². The number of rotatable bonds is 1. The fourth-order valence-corrected chi connectivity index (χ4v) is 5.29. The molecular weight excluding hydrogens is 510 g/mol. The Labute approximate surface area is 230 Å². The first kappa shape index (κ1) is 31.2. The molecule has 3 rings (SSSR count). The number of ether oxygens (including phenoxy) is 4. The number of hydrogen-bond acceptors (Lipinski definition) is 9. The number of hydrogen-bond donors (Lipinski definition) is 3. The third kappa shape index (κ3) is 8.58. The summed E-state index contributed by atoms with van der Waals surface area (Å²) in [7, 11) is 0. The zero-order chi connectivity index (χ0) is 28.4. The van der Waals surface area contributed by atoms with Gasteiger partial charge in [0.05, 0.1) is 45.7 Å². The molecule has 0 radical (unpaired) electrons. The zero-order valence-corrected chi connectivity index (χ0v) is 23.2. The van der Waals surface area contributed by atoms with E-state index in [1.807, 2.05) is 6.92 Å². The van der Waals surface area contributed by atoms with Gasteiger partial charge in [0.15, 0.2) is 0 Å². The molecular formula is C26H45N5O8. The molecule has 0 aromatic carbocycles. The van der Waals surface area contributed by atoms with Crippen molar-refractivity contribution in [2.45, 2.75) is 76.2 Å². The van der Waals surface area contributed by atoms with Gasteiger partial charge in [-0.15, -0.1) is 0 Å². The predicted octanol–water partition coefficient (Wildman–Crippen LogP) is -1.24. The van der Waals surface area contributed by atoms with E-state index in [1.165, 1.54) is 9.80 Å². The largest absolute Gasteiger partial charge is 0.379 e. The van der Waals surface area contributed by atoms with Gasteiger partial charge in [-0.3, -0.25) is 19.2 Å². The molecule has 3 saturated heterocycles. The van der Waals surface area contributed by atoms with Gasteiger partial charge in [0.25, 0.3) is 0 Å². The monoisotopic (exact) mass is 555 g/mol. The van der Waals surface area contributed by atoms with E-state index in [0.29, 0.717) is 84.8 Å². The summed E-state index contributed by atoms with van der Waals surface area (Å²) in [6, 6.07) is -3.27. The van der Waals surface area contributed by atoms with Crippen LogP contribution in [0.4, 0.5) is 0 Å². The highest BCUT2D eigenvalue weighted by molar-refractivity contribution is 5.95. The number of carbonyl (C=O) groups excluding carboxylic acids is 4. The van der Waals surface area contributed by atoms with Gasteiger partial charge in [0.2, 0.25) is 23.6 Å². The van der Waals surface area contributed by atoms with Crippen LogP contribution in [0, 0.1) is 5.92 Å². The molecule has 13 heteroatoms. The van der Waals surface area contributed by atoms with Crippen molar-refractivity contribution in [1.82, 2.24) is 15.1 Å². The van der Waals surface area contributed by atoms with Crippen molar-refractivity contribution in [3.63, 3.8) is 0 Å². The molecule has 0 aliphatic carbocycles. The summed E-state index contributed by atoms with van der Waals surface area (Å²) in [4.78, 5) is 55.4. The highest BCUT2D eigenvalue weighted by atomic mass is 16.6. The average Bonchev–Trinajstić information content (AvgIpc) is 3.60. The Morgan fingerprint density at radius 3 is 1.95 bits per heavy atom. The second kappa shape index (κ2) is 15.5. The smallest absolute Gasteiger partial charge is 0.246 e. The molecule has 0 saturated carbocycles. The summed E-state index contributed by atoms with van der Waals surface area (Å²) >= 11 is 0. The van der Waals surface area contributed by atoms with E-state index in [4.69, 9.17) is 30.4 Å². The Balaban J connectivity index is 1.72. The number of carbonyl (C=O) groups is 4. The molecule has 4 amide bonds. The fourth-order valence-electron chi connectivity index (χ4n) is 5.29. The molecule has 5 N–H and O–H groups in total. The first-order valence-electron chi connectivity index (χ1n) is 14.0. The lowest BCUT2D eigenvalue weighted by Gasteiger charge is -2.33. The SMILES string of the molecule is CC1CCOCCOCCOCCOC(C)C(N)C(=O)N2CCCC2C(=O)N2CCCC2C(=O)NC1C(N)=O. The number of nitrogens with two attached hydrogens (primary N) is 2. The first-order chi connectivity index (χ1) is 18.7. The van der Waals surface area contributed by atoms with E-state index in [9.17, 15) is 19.2 Å². The van der Waals surface area contributed by atoms with Crippen molar-refractivity contribution < 1.29 is 38.1 Å². The molecule has 0 aromatic heterocycles. The lowest BCUT2D eigenvalue weighted by atomic mass is 9.97. The fraction of sp³-hybridized carbons (Fsp3) is 0.846. The van der Waals surface area contributed by atoms with Gasteiger partial charge < -0.3 is 45.5 Å². The molecule has 0 aromatic rings. The van der Waals surface area contributed by atoms with Crippen molar-refractivity contribution in [2.24, 2.45) is 17.4 Å². The van der Waals surface area contributed by atoms with Gasteiger partial charge in [0.1, 0.15) is 24.2 Å². The second-order valence-electron chi connectivity index (χ2n) is 10.5. The van der Waals surface area contributed by atoms with Gasteiger partial charge in [0, 0.05) is 19.7 Å². The number of nitrogens with zero attached hydrogens (tertiary/aromatic N) is 2. The Morgan fingerprint density at radius 2 is 1.33 bits per heavy atom. The van der Waals surface area contributed by atoms with Gasteiger partial charge in [-0.1, -0.05) is 6.92 Å². The lowest BCUT2D eigenvalue weighted by Crippen LogP contribution is -2.58. The topological polar surface area (TPSA) is 176 Å². The Bertz CT molecular complexity index is 845. The van der Waals surface area contributed by atoms with Crippen molar-refractivity contribution in [2.75, 3.05) is 59.3 Å². The minimum absolute atomic E-state index is 0.267. The van der Waals surface area contributed by atoms with Gasteiger partial charge in [-0.05, 0) is 44.9 Å². The molecule has 3 heterocycles. The molecule has 3 aliphatic heterocycles. The standard InChI is InChI=1S/C26H45N5O8/c1-17-7-10-36-11-12-37-13-14-38-15-16-39-18(2)21(27)26(35)31-9-4-6-20(31)25(34)30-8-3-5-19(30)24(33)29-22(17)23(28)32/h17-22H,3-16,27H2,1-2H3,(H2,28,32)(H,29,33). The van der Waals surface area contributed by atoms with Crippen LogP contribution in [-0.2, 0) is 38.1 Å². The highest BCUT2D eigenvalue weighted by Gasteiger charge is 2.44. The molecule has 6 unspecified atom stereocenters. The van der Waals surface area contributed by atoms with E-state index in [0.717, 1.165) is 0 Å². The highest BCUT2D eigenvalue weighted by Crippen LogP contribution is 2.26. The summed E-state index contributed by atoms with van der Waals surface area (Å²) in [5.74, 6) is -1.97. The van der Waals surface area contributed by atoms with E-state index in [1.54, 1.807) is 6.92 Å². The van der Waals surface area contributed by atoms with Crippen LogP contribution < -0.4 is 16.8 Å². The third-order valence-electron chi connectivity index (χ3n) is 7.69. The van der Waals surface area contributed by atoms with E-state index >= 15 is 0 Å². The average molecular weight is 556 g/mol. The molecule has 222 valence electrons. The number of primary amides is 1. The second-order valence-corrected chi connectivity index (χ2v) is 10.5. The maximum absolute atomic E-state index is 13.6. The van der Waals surface area contributed by atoms with Crippen molar-refractivity contribution >= 4 is 23.6 Å². The van der Waals surface area contributed by atoms with E-state index in [2.05, 4.69) is 5.32 Å². The maximum Gasteiger partial charge on any atom is 0.246 e. The van der Waals surface area contributed by atoms with E-state index < -0.39 is 42.1 Å². The molecule has 3 fully saturated rings. The van der Waals surface area contributed by atoms with Crippen LogP contribution in [-0.4, -0.2) is 123 Å². The van der Waals surface area contributed by atoms with Gasteiger partial charge in [-0.25, -0.2) is 0 Å². The molecule has 6 atom stereocenters. The van der Waals surface area contributed by atoms with Crippen LogP contribution >= 0.6 is 0 Å². The Kier molecular flexibility index (Phi) is 12.4. The number of fused-ring (bicyclic) bond motifs is 2.